The van der Waals surface area contributed by atoms with Crippen LogP contribution >= 0.6 is 11.6 Å². The van der Waals surface area contributed by atoms with E-state index in [1.165, 1.54) is 4.90 Å². The van der Waals surface area contributed by atoms with Gasteiger partial charge in [0.1, 0.15) is 11.4 Å². The predicted octanol–water partition coefficient (Wildman–Crippen LogP) is 4.78. The van der Waals surface area contributed by atoms with Crippen molar-refractivity contribution in [2.24, 2.45) is 0 Å². The molecule has 1 atom stereocenters. The second-order valence-electron chi connectivity index (χ2n) is 9.12. The van der Waals surface area contributed by atoms with E-state index in [1.807, 2.05) is 51.1 Å². The normalized spacial score (nSPS) is 15.6. The van der Waals surface area contributed by atoms with Crippen molar-refractivity contribution in [2.45, 2.75) is 45.3 Å². The van der Waals surface area contributed by atoms with Gasteiger partial charge in [0.25, 0.3) is 0 Å². The van der Waals surface area contributed by atoms with E-state index in [1.54, 1.807) is 13.2 Å². The SMILES string of the molecule is CN(C(=O)OC(C)(C)C)c1n[nH]c2ncc(-c3nnc4n3C(c3ccc(Cl)cc3)CC4)cc12. The molecule has 4 heterocycles. The van der Waals surface area contributed by atoms with Crippen LogP contribution in [0.4, 0.5) is 10.6 Å². The molecule has 1 N–H and O–H groups in total. The number of anilines is 1. The highest BCUT2D eigenvalue weighted by Crippen LogP contribution is 2.36. The topological polar surface area (TPSA) is 102 Å². The van der Waals surface area contributed by atoms with Crippen molar-refractivity contribution in [3.05, 3.63) is 52.9 Å². The quantitative estimate of drug-likeness (QED) is 0.467. The highest BCUT2D eigenvalue weighted by molar-refractivity contribution is 6.30. The number of pyridine rings is 1. The third kappa shape index (κ3) is 3.93. The molecule has 1 aliphatic rings. The van der Waals surface area contributed by atoms with Crippen molar-refractivity contribution < 1.29 is 9.53 Å². The van der Waals surface area contributed by atoms with E-state index in [9.17, 15) is 4.79 Å². The van der Waals surface area contributed by atoms with Crippen LogP contribution in [0.25, 0.3) is 22.4 Å². The highest BCUT2D eigenvalue weighted by Gasteiger charge is 2.30. The Labute approximate surface area is 195 Å². The minimum absolute atomic E-state index is 0.117. The number of carbonyl (C=O) groups excluding carboxylic acids is 1. The van der Waals surface area contributed by atoms with Crippen molar-refractivity contribution >= 4 is 34.5 Å². The Balaban J connectivity index is 1.53. The number of nitrogens with one attached hydrogen (secondary N) is 1. The Kier molecular flexibility index (Phi) is 5.08. The molecule has 0 fully saturated rings. The Bertz CT molecular complexity index is 1340. The lowest BCUT2D eigenvalue weighted by Crippen LogP contribution is -2.34. The van der Waals surface area contributed by atoms with Gasteiger partial charge in [-0.25, -0.2) is 9.78 Å². The van der Waals surface area contributed by atoms with Gasteiger partial charge in [-0.2, -0.15) is 5.10 Å². The Morgan fingerprint density at radius 1 is 1.24 bits per heavy atom. The van der Waals surface area contributed by atoms with Gasteiger partial charge in [-0.05, 0) is 51.0 Å². The van der Waals surface area contributed by atoms with E-state index in [-0.39, 0.29) is 6.04 Å². The Morgan fingerprint density at radius 3 is 2.73 bits per heavy atom. The molecule has 5 rings (SSSR count). The summed E-state index contributed by atoms with van der Waals surface area (Å²) < 4.78 is 7.64. The fraction of sp³-hybridized carbons (Fsp3) is 0.348. The van der Waals surface area contributed by atoms with E-state index < -0.39 is 11.7 Å². The minimum atomic E-state index is -0.611. The molecule has 9 nitrogen and oxygen atoms in total. The van der Waals surface area contributed by atoms with Gasteiger partial charge in [-0.1, -0.05) is 23.7 Å². The smallest absolute Gasteiger partial charge is 0.415 e. The molecule has 0 bridgehead atoms. The molecule has 0 saturated carbocycles. The van der Waals surface area contributed by atoms with Crippen molar-refractivity contribution in [3.63, 3.8) is 0 Å². The van der Waals surface area contributed by atoms with Gasteiger partial charge >= 0.3 is 6.09 Å². The number of hydrogen-bond donors (Lipinski definition) is 1. The number of aromatic nitrogens is 6. The largest absolute Gasteiger partial charge is 0.443 e. The Morgan fingerprint density at radius 2 is 2.00 bits per heavy atom. The first-order valence-electron chi connectivity index (χ1n) is 10.7. The van der Waals surface area contributed by atoms with Gasteiger partial charge in [0.05, 0.1) is 11.4 Å². The van der Waals surface area contributed by atoms with Crippen LogP contribution in [0.3, 0.4) is 0 Å². The van der Waals surface area contributed by atoms with Crippen molar-refractivity contribution in [1.29, 1.82) is 0 Å². The standard InChI is InChI=1S/C23H24ClN7O2/c1-23(2,3)33-22(32)30(4)21-16-11-14(12-25-19(16)27-29-21)20-28-26-18-10-9-17(31(18)20)13-5-7-15(24)8-6-13/h5-8,11-12,17H,9-10H2,1-4H3,(H,25,27,29). The molecule has 0 spiro atoms. The molecule has 10 heteroatoms. The predicted molar refractivity (Wildman–Crippen MR) is 125 cm³/mol. The maximum absolute atomic E-state index is 12.6. The number of nitrogens with zero attached hydrogens (tertiary/aromatic N) is 6. The first kappa shape index (κ1) is 21.4. The summed E-state index contributed by atoms with van der Waals surface area (Å²) in [5.74, 6) is 2.09. The van der Waals surface area contributed by atoms with E-state index in [0.717, 1.165) is 35.6 Å². The maximum atomic E-state index is 12.6. The van der Waals surface area contributed by atoms with Gasteiger partial charge in [-0.3, -0.25) is 10.00 Å². The van der Waals surface area contributed by atoms with Crippen molar-refractivity contribution in [2.75, 3.05) is 11.9 Å². The highest BCUT2D eigenvalue weighted by atomic mass is 35.5. The zero-order chi connectivity index (χ0) is 23.3. The summed E-state index contributed by atoms with van der Waals surface area (Å²) >= 11 is 6.08. The molecule has 0 radical (unpaired) electrons. The molecule has 0 saturated heterocycles. The lowest BCUT2D eigenvalue weighted by atomic mass is 10.0. The first-order chi connectivity index (χ1) is 15.7. The number of ether oxygens (including phenoxy) is 1. The van der Waals surface area contributed by atoms with Crippen molar-refractivity contribution in [3.8, 4) is 11.4 Å². The maximum Gasteiger partial charge on any atom is 0.415 e. The molecule has 1 aliphatic heterocycles. The summed E-state index contributed by atoms with van der Waals surface area (Å²) in [6.45, 7) is 5.47. The lowest BCUT2D eigenvalue weighted by molar-refractivity contribution is 0.0588. The summed E-state index contributed by atoms with van der Waals surface area (Å²) in [6, 6.07) is 9.92. The molecule has 3 aromatic heterocycles. The number of H-pyrrole nitrogens is 1. The number of halogens is 1. The van der Waals surface area contributed by atoms with Crippen LogP contribution in [0.15, 0.2) is 36.5 Å². The summed E-state index contributed by atoms with van der Waals surface area (Å²) in [4.78, 5) is 18.5. The number of benzene rings is 1. The number of amides is 1. The molecular weight excluding hydrogens is 442 g/mol. The lowest BCUT2D eigenvalue weighted by Gasteiger charge is -2.23. The fourth-order valence-corrected chi connectivity index (χ4v) is 4.23. The molecule has 170 valence electrons. The van der Waals surface area contributed by atoms with E-state index >= 15 is 0 Å². The van der Waals surface area contributed by atoms with Crippen LogP contribution in [-0.2, 0) is 11.2 Å². The monoisotopic (exact) mass is 465 g/mol. The Hall–Kier alpha value is -3.46. The summed E-state index contributed by atoms with van der Waals surface area (Å²) in [6.07, 6.45) is 3.03. The third-order valence-corrected chi connectivity index (χ3v) is 5.87. The number of aryl methyl sites for hydroxylation is 1. The molecule has 0 aliphatic carbocycles. The van der Waals surface area contributed by atoms with Crippen LogP contribution in [0.5, 0.6) is 0 Å². The second kappa shape index (κ2) is 7.84. The molecule has 1 amide bonds. The summed E-state index contributed by atoms with van der Waals surface area (Å²) in [7, 11) is 1.63. The average molecular weight is 466 g/mol. The van der Waals surface area contributed by atoms with E-state index in [4.69, 9.17) is 16.3 Å². The number of rotatable bonds is 3. The van der Waals surface area contributed by atoms with Gasteiger partial charge in [-0.15, -0.1) is 10.2 Å². The van der Waals surface area contributed by atoms with E-state index in [0.29, 0.717) is 21.9 Å². The third-order valence-electron chi connectivity index (χ3n) is 5.61. The molecule has 1 aromatic carbocycles. The van der Waals surface area contributed by atoms with Crippen LogP contribution in [0.1, 0.15) is 44.6 Å². The zero-order valence-electron chi connectivity index (χ0n) is 18.8. The van der Waals surface area contributed by atoms with Crippen molar-refractivity contribution in [1.82, 2.24) is 29.9 Å². The first-order valence-corrected chi connectivity index (χ1v) is 11.1. The molecule has 33 heavy (non-hydrogen) atoms. The van der Waals surface area contributed by atoms with Gasteiger partial charge in [0, 0.05) is 30.3 Å². The minimum Gasteiger partial charge on any atom is -0.443 e. The number of carbonyl (C=O) groups is 1. The summed E-state index contributed by atoms with van der Waals surface area (Å²) in [5, 5.41) is 17.5. The van der Waals surface area contributed by atoms with Gasteiger partial charge in [0.2, 0.25) is 0 Å². The van der Waals surface area contributed by atoms with Gasteiger partial charge < -0.3 is 9.30 Å². The van der Waals surface area contributed by atoms with Gasteiger partial charge in [0.15, 0.2) is 17.3 Å². The van der Waals surface area contributed by atoms with Crippen LogP contribution in [0.2, 0.25) is 5.02 Å². The summed E-state index contributed by atoms with van der Waals surface area (Å²) in [5.41, 5.74) is 1.91. The van der Waals surface area contributed by atoms with Crippen LogP contribution < -0.4 is 4.90 Å². The van der Waals surface area contributed by atoms with Crippen LogP contribution in [-0.4, -0.2) is 48.7 Å². The van der Waals surface area contributed by atoms with Crippen LogP contribution in [0, 0.1) is 0 Å². The zero-order valence-corrected chi connectivity index (χ0v) is 19.6. The second-order valence-corrected chi connectivity index (χ2v) is 9.56. The molecular formula is C23H24ClN7O2. The number of aromatic amines is 1. The number of fused-ring (bicyclic) bond motifs is 2. The fourth-order valence-electron chi connectivity index (χ4n) is 4.10. The average Bonchev–Trinajstić information content (AvgIpc) is 3.47. The number of hydrogen-bond acceptors (Lipinski definition) is 6. The van der Waals surface area contributed by atoms with E-state index in [2.05, 4.69) is 29.9 Å². The molecule has 1 unspecified atom stereocenters. The molecule has 4 aromatic rings.